The first kappa shape index (κ1) is 20.4. The fourth-order valence-corrected chi connectivity index (χ4v) is 3.30. The maximum Gasteiger partial charge on any atom is 0.230 e. The van der Waals surface area contributed by atoms with Crippen molar-refractivity contribution in [1.29, 1.82) is 0 Å². The molecule has 0 unspecified atom stereocenters. The third kappa shape index (κ3) is 7.11. The molecule has 2 rings (SSSR count). The molecule has 7 nitrogen and oxygen atoms in total. The normalized spacial score (nSPS) is 16.2. The summed E-state index contributed by atoms with van der Waals surface area (Å²) in [5, 5.41) is 15.8. The summed E-state index contributed by atoms with van der Waals surface area (Å²) in [6.45, 7) is 9.16. The number of nitrogens with two attached hydrogens (primary N) is 1. The van der Waals surface area contributed by atoms with Gasteiger partial charge in [-0.1, -0.05) is 6.07 Å². The van der Waals surface area contributed by atoms with Crippen molar-refractivity contribution in [1.82, 2.24) is 0 Å². The number of amides is 1. The molecule has 1 aromatic rings. The molecule has 4 N–H and O–H groups in total. The van der Waals surface area contributed by atoms with Crippen LogP contribution in [0.25, 0.3) is 0 Å². The van der Waals surface area contributed by atoms with Gasteiger partial charge in [-0.25, -0.2) is 0 Å². The fourth-order valence-electron chi connectivity index (χ4n) is 3.30. The molecule has 1 fully saturated rings. The number of carboxylic acid groups (broad SMARTS) is 1. The second kappa shape index (κ2) is 10.3. The number of carbonyl (C=O) groups is 2. The van der Waals surface area contributed by atoms with Crippen LogP contribution in [0.2, 0.25) is 0 Å². The molecule has 0 radical (unpaired) electrons. The van der Waals surface area contributed by atoms with Crippen molar-refractivity contribution in [2.45, 2.75) is 32.7 Å². The van der Waals surface area contributed by atoms with Crippen LogP contribution in [0.3, 0.4) is 0 Å². The Labute approximate surface area is 154 Å². The number of nitrogens with one attached hydrogen (secondary N) is 2. The van der Waals surface area contributed by atoms with Crippen molar-refractivity contribution < 1.29 is 29.6 Å². The lowest BCUT2D eigenvalue weighted by Crippen LogP contribution is -3.14. The van der Waals surface area contributed by atoms with E-state index in [1.807, 2.05) is 32.0 Å². The second-order valence-corrected chi connectivity index (χ2v) is 7.04. The van der Waals surface area contributed by atoms with Gasteiger partial charge in [0.05, 0.1) is 38.7 Å². The molecule has 1 atom stereocenters. The summed E-state index contributed by atoms with van der Waals surface area (Å²) >= 11 is 0. The number of carboxylic acids is 1. The summed E-state index contributed by atoms with van der Waals surface area (Å²) in [7, 11) is 0. The van der Waals surface area contributed by atoms with Crippen LogP contribution in [-0.2, 0) is 14.3 Å². The van der Waals surface area contributed by atoms with Crippen molar-refractivity contribution in [3.8, 4) is 0 Å². The zero-order valence-corrected chi connectivity index (χ0v) is 15.7. The summed E-state index contributed by atoms with van der Waals surface area (Å²) in [5.74, 6) is -1.50. The standard InChI is InChI=1S/C19H29N3O4/c1-14-10-15(2)12-16(11-14)21-18(23)13-17(19(24)25)20-4-3-5-22-6-8-26-9-7-22/h10-12,17,20H,3-9,13H2,1-2H3,(H,21,23)(H,24,25)/p+1/t17-/m1/s1. The van der Waals surface area contributed by atoms with E-state index in [1.165, 1.54) is 4.90 Å². The van der Waals surface area contributed by atoms with E-state index in [9.17, 15) is 14.7 Å². The van der Waals surface area contributed by atoms with Crippen LogP contribution >= 0.6 is 0 Å². The number of aryl methyl sites for hydroxylation is 2. The van der Waals surface area contributed by atoms with E-state index < -0.39 is 12.0 Å². The number of ether oxygens (including phenoxy) is 1. The molecule has 144 valence electrons. The van der Waals surface area contributed by atoms with Crippen molar-refractivity contribution in [2.75, 3.05) is 44.7 Å². The van der Waals surface area contributed by atoms with Crippen molar-refractivity contribution in [3.05, 3.63) is 29.3 Å². The average molecular weight is 364 g/mol. The van der Waals surface area contributed by atoms with Crippen molar-refractivity contribution >= 4 is 17.6 Å². The highest BCUT2D eigenvalue weighted by Crippen LogP contribution is 2.13. The number of carbonyl (C=O) groups excluding carboxylic acids is 2. The van der Waals surface area contributed by atoms with E-state index in [2.05, 4.69) is 5.32 Å². The lowest BCUT2D eigenvalue weighted by molar-refractivity contribution is -0.909. The highest BCUT2D eigenvalue weighted by atomic mass is 16.5. The molecule has 0 spiro atoms. The molecule has 1 aliphatic heterocycles. The van der Waals surface area contributed by atoms with Crippen LogP contribution < -0.4 is 20.6 Å². The number of hydrogen-bond donors (Lipinski definition) is 3. The number of rotatable bonds is 9. The zero-order valence-electron chi connectivity index (χ0n) is 15.7. The van der Waals surface area contributed by atoms with E-state index in [0.29, 0.717) is 12.2 Å². The zero-order chi connectivity index (χ0) is 18.9. The van der Waals surface area contributed by atoms with E-state index in [4.69, 9.17) is 4.74 Å². The number of anilines is 1. The minimum Gasteiger partial charge on any atom is -0.544 e. The number of morpholine rings is 1. The SMILES string of the molecule is Cc1cc(C)cc(NC(=O)C[C@@H]([NH2+]CCC[NH+]2CCOCC2)C(=O)[O-])c1. The highest BCUT2D eigenvalue weighted by Gasteiger charge is 2.19. The van der Waals surface area contributed by atoms with Crippen LogP contribution in [0.15, 0.2) is 18.2 Å². The molecule has 1 amide bonds. The lowest BCUT2D eigenvalue weighted by atomic mass is 10.1. The average Bonchev–Trinajstić information content (AvgIpc) is 2.57. The number of aliphatic carboxylic acids is 1. The Hall–Kier alpha value is -1.96. The summed E-state index contributed by atoms with van der Waals surface area (Å²) in [6, 6.07) is 4.89. The fraction of sp³-hybridized carbons (Fsp3) is 0.579. The molecule has 1 saturated heterocycles. The van der Waals surface area contributed by atoms with Gasteiger partial charge in [0.15, 0.2) is 0 Å². The van der Waals surface area contributed by atoms with Gasteiger partial charge in [-0.3, -0.25) is 4.79 Å². The van der Waals surface area contributed by atoms with E-state index in [1.54, 1.807) is 5.32 Å². The molecule has 0 bridgehead atoms. The van der Waals surface area contributed by atoms with Gasteiger partial charge in [0.25, 0.3) is 0 Å². The first-order valence-electron chi connectivity index (χ1n) is 9.27. The number of benzene rings is 1. The third-order valence-electron chi connectivity index (χ3n) is 4.60. The Morgan fingerprint density at radius 2 is 1.88 bits per heavy atom. The number of quaternary nitrogens is 2. The van der Waals surface area contributed by atoms with Gasteiger partial charge in [0.2, 0.25) is 5.91 Å². The molecule has 1 aromatic carbocycles. The lowest BCUT2D eigenvalue weighted by Gasteiger charge is -2.23. The quantitative estimate of drug-likeness (QED) is 0.426. The summed E-state index contributed by atoms with van der Waals surface area (Å²) in [6.07, 6.45) is 0.803. The minimum atomic E-state index is -1.20. The molecule has 0 saturated carbocycles. The van der Waals surface area contributed by atoms with Gasteiger partial charge >= 0.3 is 0 Å². The topological polar surface area (TPSA) is 99.5 Å². The van der Waals surface area contributed by atoms with Gasteiger partial charge < -0.3 is 30.2 Å². The van der Waals surface area contributed by atoms with Gasteiger partial charge in [-0.05, 0) is 37.1 Å². The Morgan fingerprint density at radius 1 is 1.23 bits per heavy atom. The summed E-state index contributed by atoms with van der Waals surface area (Å²) in [4.78, 5) is 25.0. The third-order valence-corrected chi connectivity index (χ3v) is 4.60. The first-order chi connectivity index (χ1) is 12.4. The molecular formula is C19H30N3O4+. The predicted octanol–water partition coefficient (Wildman–Crippen LogP) is -2.38. The van der Waals surface area contributed by atoms with E-state index in [0.717, 1.165) is 50.4 Å². The van der Waals surface area contributed by atoms with Crippen LogP contribution in [0.4, 0.5) is 5.69 Å². The van der Waals surface area contributed by atoms with Crippen LogP contribution in [0.1, 0.15) is 24.0 Å². The van der Waals surface area contributed by atoms with Gasteiger partial charge in [-0.15, -0.1) is 0 Å². The van der Waals surface area contributed by atoms with Crippen LogP contribution in [0, 0.1) is 13.8 Å². The molecule has 0 aliphatic carbocycles. The molecule has 0 aromatic heterocycles. The monoisotopic (exact) mass is 364 g/mol. The first-order valence-corrected chi connectivity index (χ1v) is 9.27. The van der Waals surface area contributed by atoms with Gasteiger partial charge in [0.1, 0.15) is 19.1 Å². The maximum absolute atomic E-state index is 12.2. The predicted molar refractivity (Wildman–Crippen MR) is 95.7 cm³/mol. The molecule has 1 aliphatic rings. The molecular weight excluding hydrogens is 334 g/mol. The van der Waals surface area contributed by atoms with E-state index in [-0.39, 0.29) is 12.3 Å². The van der Waals surface area contributed by atoms with Crippen molar-refractivity contribution in [2.24, 2.45) is 0 Å². The van der Waals surface area contributed by atoms with Crippen LogP contribution in [-0.4, -0.2) is 57.3 Å². The van der Waals surface area contributed by atoms with Gasteiger partial charge in [-0.2, -0.15) is 0 Å². The Bertz CT molecular complexity index is 595. The highest BCUT2D eigenvalue weighted by molar-refractivity contribution is 5.93. The number of hydrogen-bond acceptors (Lipinski definition) is 4. The smallest absolute Gasteiger partial charge is 0.230 e. The van der Waals surface area contributed by atoms with Crippen molar-refractivity contribution in [3.63, 3.8) is 0 Å². The maximum atomic E-state index is 12.2. The minimum absolute atomic E-state index is 0.0975. The summed E-state index contributed by atoms with van der Waals surface area (Å²) in [5.41, 5.74) is 2.79. The Kier molecular flexibility index (Phi) is 8.03. The molecule has 1 heterocycles. The van der Waals surface area contributed by atoms with Crippen LogP contribution in [0.5, 0.6) is 0 Å². The second-order valence-electron chi connectivity index (χ2n) is 7.04. The summed E-state index contributed by atoms with van der Waals surface area (Å²) < 4.78 is 5.32. The van der Waals surface area contributed by atoms with Gasteiger partial charge in [0, 0.05) is 12.1 Å². The Balaban J connectivity index is 1.75. The molecule has 26 heavy (non-hydrogen) atoms. The van der Waals surface area contributed by atoms with E-state index >= 15 is 0 Å². The molecule has 7 heteroatoms. The Morgan fingerprint density at radius 3 is 2.50 bits per heavy atom. The largest absolute Gasteiger partial charge is 0.544 e.